The lowest BCUT2D eigenvalue weighted by Crippen LogP contribution is -2.29. The molecule has 2 heterocycles. The Morgan fingerprint density at radius 2 is 1.14 bits per heavy atom. The first-order valence-corrected chi connectivity index (χ1v) is 15.4. The molecule has 1 aliphatic rings. The SMILES string of the molecule is O=C1c2cccc(-n3c4ccccc4c4cccc(-c5ccc(C(F)(F)F)cc5C(F)(F)F)c43)c2C(=O)N1c1ccc(-c2ccccc2)cc1. The molecule has 0 saturated carbocycles. The number of imide groups is 1. The number of anilines is 1. The lowest BCUT2D eigenvalue weighted by Gasteiger charge is -2.19. The Morgan fingerprint density at radius 3 is 1.86 bits per heavy atom. The Morgan fingerprint density at radius 1 is 0.500 bits per heavy atom. The van der Waals surface area contributed by atoms with Gasteiger partial charge in [0.15, 0.2) is 0 Å². The second kappa shape index (κ2) is 11.2. The zero-order valence-corrected chi connectivity index (χ0v) is 25.7. The van der Waals surface area contributed by atoms with Gasteiger partial charge in [0.05, 0.1) is 44.7 Å². The summed E-state index contributed by atoms with van der Waals surface area (Å²) < 4.78 is 85.8. The molecule has 1 aromatic heterocycles. The smallest absolute Gasteiger partial charge is 0.308 e. The van der Waals surface area contributed by atoms with E-state index in [0.29, 0.717) is 28.0 Å². The molecule has 0 fully saturated rings. The maximum Gasteiger partial charge on any atom is 0.417 e. The maximum absolute atomic E-state index is 14.5. The standard InChI is InChI=1S/C40H22F6N2O2/c41-39(42,43)25-18-21-27(32(22-25)40(44,45)46)29-11-6-12-30-28-10-4-5-14-33(28)48(36(29)30)34-15-7-13-31-35(34)38(50)47(37(31)49)26-19-16-24(17-20-26)23-8-2-1-3-9-23/h1-22H. The fourth-order valence-electron chi connectivity index (χ4n) is 6.80. The van der Waals surface area contributed by atoms with Gasteiger partial charge in [-0.15, -0.1) is 0 Å². The molecule has 0 atom stereocenters. The predicted molar refractivity (Wildman–Crippen MR) is 179 cm³/mol. The molecule has 0 spiro atoms. The zero-order chi connectivity index (χ0) is 34.9. The summed E-state index contributed by atoms with van der Waals surface area (Å²) in [5.74, 6) is -1.19. The minimum atomic E-state index is -5.12. The van der Waals surface area contributed by atoms with Gasteiger partial charge in [-0.1, -0.05) is 91.0 Å². The number of aromatic nitrogens is 1. The van der Waals surface area contributed by atoms with Crippen molar-refractivity contribution < 1.29 is 35.9 Å². The van der Waals surface area contributed by atoms with Gasteiger partial charge in [0.1, 0.15) is 0 Å². The molecule has 1 aliphatic heterocycles. The molecule has 0 saturated heterocycles. The largest absolute Gasteiger partial charge is 0.417 e. The normalized spacial score (nSPS) is 13.4. The van der Waals surface area contributed by atoms with E-state index in [-0.39, 0.29) is 34.0 Å². The number of benzene rings is 6. The Labute approximate surface area is 280 Å². The van der Waals surface area contributed by atoms with E-state index in [4.69, 9.17) is 0 Å². The number of rotatable bonds is 4. The molecule has 0 bridgehead atoms. The van der Waals surface area contributed by atoms with Crippen LogP contribution in [0.5, 0.6) is 0 Å². The van der Waals surface area contributed by atoms with Crippen molar-refractivity contribution in [2.24, 2.45) is 0 Å². The highest BCUT2D eigenvalue weighted by atomic mass is 19.4. The third-order valence-corrected chi connectivity index (χ3v) is 9.00. The lowest BCUT2D eigenvalue weighted by atomic mass is 9.95. The van der Waals surface area contributed by atoms with Gasteiger partial charge in [-0.2, -0.15) is 26.3 Å². The first-order chi connectivity index (χ1) is 23.9. The Kier molecular flexibility index (Phi) is 6.97. The molecule has 0 N–H and O–H groups in total. The van der Waals surface area contributed by atoms with Crippen molar-refractivity contribution in [3.8, 4) is 27.9 Å². The highest BCUT2D eigenvalue weighted by Gasteiger charge is 2.41. The van der Waals surface area contributed by atoms with Crippen LogP contribution in [0.4, 0.5) is 32.0 Å². The minimum Gasteiger partial charge on any atom is -0.308 e. The van der Waals surface area contributed by atoms with Gasteiger partial charge in [0, 0.05) is 16.3 Å². The number of carbonyl (C=O) groups excluding carboxylic acids is 2. The monoisotopic (exact) mass is 676 g/mol. The van der Waals surface area contributed by atoms with Crippen LogP contribution in [0, 0.1) is 0 Å². The predicted octanol–water partition coefficient (Wildman–Crippen LogP) is 11.0. The number of hydrogen-bond acceptors (Lipinski definition) is 2. The molecular formula is C40H22F6N2O2. The second-order valence-electron chi connectivity index (χ2n) is 11.9. The van der Waals surface area contributed by atoms with Gasteiger partial charge < -0.3 is 4.57 Å². The number of nitrogens with zero attached hydrogens (tertiary/aromatic N) is 2. The van der Waals surface area contributed by atoms with Gasteiger partial charge in [-0.25, -0.2) is 4.90 Å². The summed E-state index contributed by atoms with van der Waals surface area (Å²) in [5, 5.41) is 1.14. The summed E-state index contributed by atoms with van der Waals surface area (Å²) in [6, 6.07) is 34.4. The maximum atomic E-state index is 14.5. The van der Waals surface area contributed by atoms with Crippen molar-refractivity contribution >= 4 is 39.3 Å². The van der Waals surface area contributed by atoms with Crippen molar-refractivity contribution in [3.05, 3.63) is 156 Å². The summed E-state index contributed by atoms with van der Waals surface area (Å²) >= 11 is 0. The number of hydrogen-bond donors (Lipinski definition) is 0. The van der Waals surface area contributed by atoms with Crippen LogP contribution in [0.15, 0.2) is 133 Å². The van der Waals surface area contributed by atoms with Crippen LogP contribution in [0.2, 0.25) is 0 Å². The van der Waals surface area contributed by atoms with E-state index in [1.807, 2.05) is 30.3 Å². The van der Waals surface area contributed by atoms with Crippen molar-refractivity contribution in [1.82, 2.24) is 4.57 Å². The highest BCUT2D eigenvalue weighted by Crippen LogP contribution is 2.46. The molecule has 4 nitrogen and oxygen atoms in total. The van der Waals surface area contributed by atoms with E-state index in [1.54, 1.807) is 71.3 Å². The van der Waals surface area contributed by atoms with E-state index < -0.39 is 40.9 Å². The van der Waals surface area contributed by atoms with Crippen LogP contribution >= 0.6 is 0 Å². The minimum absolute atomic E-state index is 0.00230. The van der Waals surface area contributed by atoms with E-state index in [1.165, 1.54) is 18.2 Å². The topological polar surface area (TPSA) is 42.3 Å². The molecular weight excluding hydrogens is 654 g/mol. The fraction of sp³-hybridized carbons (Fsp3) is 0.0500. The van der Waals surface area contributed by atoms with E-state index in [0.717, 1.165) is 22.1 Å². The van der Waals surface area contributed by atoms with Crippen molar-refractivity contribution in [1.29, 1.82) is 0 Å². The number of halogens is 6. The first kappa shape index (κ1) is 31.1. The second-order valence-corrected chi connectivity index (χ2v) is 11.9. The average molecular weight is 677 g/mol. The number of para-hydroxylation sites is 2. The Balaban J connectivity index is 1.34. The highest BCUT2D eigenvalue weighted by molar-refractivity contribution is 6.36. The molecule has 0 aliphatic carbocycles. The van der Waals surface area contributed by atoms with Crippen molar-refractivity contribution in [3.63, 3.8) is 0 Å². The molecule has 10 heteroatoms. The Bertz CT molecular complexity index is 2500. The van der Waals surface area contributed by atoms with Crippen LogP contribution in [0.1, 0.15) is 31.8 Å². The molecule has 6 aromatic carbocycles. The molecule has 50 heavy (non-hydrogen) atoms. The summed E-state index contributed by atoms with van der Waals surface area (Å²) in [5.41, 5.74) is -0.0226. The third-order valence-electron chi connectivity index (χ3n) is 9.00. The third kappa shape index (κ3) is 4.86. The van der Waals surface area contributed by atoms with Gasteiger partial charge in [-0.05, 0) is 59.2 Å². The molecule has 0 radical (unpaired) electrons. The molecule has 8 rings (SSSR count). The van der Waals surface area contributed by atoms with Gasteiger partial charge in [-0.3, -0.25) is 9.59 Å². The zero-order valence-electron chi connectivity index (χ0n) is 25.7. The van der Waals surface area contributed by atoms with Crippen LogP contribution in [-0.2, 0) is 12.4 Å². The van der Waals surface area contributed by atoms with E-state index in [9.17, 15) is 35.9 Å². The van der Waals surface area contributed by atoms with Crippen LogP contribution in [0.25, 0.3) is 49.7 Å². The number of fused-ring (bicyclic) bond motifs is 4. The summed E-state index contributed by atoms with van der Waals surface area (Å²) in [6.45, 7) is 0. The van der Waals surface area contributed by atoms with Crippen LogP contribution in [0.3, 0.4) is 0 Å². The Hall–Kier alpha value is -6.16. The summed E-state index contributed by atoms with van der Waals surface area (Å²) in [6.07, 6.45) is -10.1. The van der Waals surface area contributed by atoms with Crippen LogP contribution in [-0.4, -0.2) is 16.4 Å². The van der Waals surface area contributed by atoms with E-state index in [2.05, 4.69) is 0 Å². The van der Waals surface area contributed by atoms with Crippen LogP contribution < -0.4 is 4.90 Å². The number of amides is 2. The number of carbonyl (C=O) groups is 2. The molecule has 0 unspecified atom stereocenters. The van der Waals surface area contributed by atoms with Gasteiger partial charge >= 0.3 is 12.4 Å². The van der Waals surface area contributed by atoms with Gasteiger partial charge in [0.25, 0.3) is 11.8 Å². The van der Waals surface area contributed by atoms with Crippen molar-refractivity contribution in [2.75, 3.05) is 4.90 Å². The molecule has 7 aromatic rings. The van der Waals surface area contributed by atoms with Gasteiger partial charge in [0.2, 0.25) is 0 Å². The molecule has 246 valence electrons. The van der Waals surface area contributed by atoms with Crippen molar-refractivity contribution in [2.45, 2.75) is 12.4 Å². The number of alkyl halides is 6. The fourth-order valence-corrected chi connectivity index (χ4v) is 6.80. The summed E-state index contributed by atoms with van der Waals surface area (Å²) in [4.78, 5) is 29.2. The quantitative estimate of drug-likeness (QED) is 0.138. The molecule has 2 amide bonds. The lowest BCUT2D eigenvalue weighted by molar-refractivity contribution is -0.142. The summed E-state index contributed by atoms with van der Waals surface area (Å²) in [7, 11) is 0. The average Bonchev–Trinajstić information content (AvgIpc) is 3.58. The van der Waals surface area contributed by atoms with E-state index >= 15 is 0 Å². The first-order valence-electron chi connectivity index (χ1n) is 15.4.